The van der Waals surface area contributed by atoms with Gasteiger partial charge in [0.1, 0.15) is 5.82 Å². The van der Waals surface area contributed by atoms with E-state index in [1.807, 2.05) is 26.0 Å². The maximum absolute atomic E-state index is 13.3. The lowest BCUT2D eigenvalue weighted by Gasteiger charge is -2.22. The summed E-state index contributed by atoms with van der Waals surface area (Å²) in [6.07, 6.45) is 3.49. The molecule has 0 aliphatic carbocycles. The van der Waals surface area contributed by atoms with E-state index in [4.69, 9.17) is 5.73 Å². The monoisotopic (exact) mass is 244 g/mol. The quantitative estimate of drug-likeness (QED) is 0.899. The molecule has 0 bridgehead atoms. The summed E-state index contributed by atoms with van der Waals surface area (Å²) in [4.78, 5) is 3.99. The highest BCUT2D eigenvalue weighted by Gasteiger charge is 2.18. The van der Waals surface area contributed by atoms with Gasteiger partial charge in [-0.25, -0.2) is 4.39 Å². The van der Waals surface area contributed by atoms with E-state index in [0.29, 0.717) is 0 Å². The van der Waals surface area contributed by atoms with Crippen molar-refractivity contribution in [1.82, 2.24) is 4.98 Å². The van der Waals surface area contributed by atoms with Crippen LogP contribution in [0.1, 0.15) is 35.6 Å². The maximum Gasteiger partial charge on any atom is 0.123 e. The molecule has 94 valence electrons. The van der Waals surface area contributed by atoms with E-state index < -0.39 is 0 Å². The van der Waals surface area contributed by atoms with E-state index in [9.17, 15) is 4.39 Å². The van der Waals surface area contributed by atoms with Gasteiger partial charge >= 0.3 is 0 Å². The minimum Gasteiger partial charge on any atom is -0.323 e. The van der Waals surface area contributed by atoms with Gasteiger partial charge < -0.3 is 5.73 Å². The molecule has 0 saturated carbocycles. The third-order valence-electron chi connectivity index (χ3n) is 3.37. The van der Waals surface area contributed by atoms with Crippen LogP contribution in [0.2, 0.25) is 0 Å². The zero-order valence-electron chi connectivity index (χ0n) is 10.6. The van der Waals surface area contributed by atoms with Crippen LogP contribution in [-0.4, -0.2) is 4.98 Å². The maximum atomic E-state index is 13.3. The molecular formula is C15H17FN2. The van der Waals surface area contributed by atoms with Crippen molar-refractivity contribution in [3.05, 3.63) is 65.2 Å². The van der Waals surface area contributed by atoms with Gasteiger partial charge in [0.15, 0.2) is 0 Å². The number of hydrogen-bond donors (Lipinski definition) is 1. The Kier molecular flexibility index (Phi) is 3.72. The Balaban J connectivity index is 2.31. The average molecular weight is 244 g/mol. The summed E-state index contributed by atoms with van der Waals surface area (Å²) in [6, 6.07) is 8.42. The Morgan fingerprint density at radius 1 is 1.17 bits per heavy atom. The summed E-state index contributed by atoms with van der Waals surface area (Å²) >= 11 is 0. The number of hydrogen-bond acceptors (Lipinski definition) is 2. The van der Waals surface area contributed by atoms with Crippen LogP contribution in [0.15, 0.2) is 42.7 Å². The minimum atomic E-state index is -0.243. The van der Waals surface area contributed by atoms with Crippen LogP contribution >= 0.6 is 0 Å². The molecule has 1 heterocycles. The number of aryl methyl sites for hydroxylation is 1. The second-order valence-electron chi connectivity index (χ2n) is 4.60. The van der Waals surface area contributed by atoms with Crippen molar-refractivity contribution in [2.75, 3.05) is 0 Å². The predicted molar refractivity (Wildman–Crippen MR) is 70.7 cm³/mol. The van der Waals surface area contributed by atoms with Gasteiger partial charge in [0.05, 0.1) is 0 Å². The fourth-order valence-electron chi connectivity index (χ4n) is 2.11. The largest absolute Gasteiger partial charge is 0.323 e. The van der Waals surface area contributed by atoms with Gasteiger partial charge in [-0.2, -0.15) is 0 Å². The van der Waals surface area contributed by atoms with Crippen LogP contribution in [0.25, 0.3) is 0 Å². The third-order valence-corrected chi connectivity index (χ3v) is 3.37. The average Bonchev–Trinajstić information content (AvgIpc) is 2.41. The Labute approximate surface area is 107 Å². The van der Waals surface area contributed by atoms with E-state index in [0.717, 1.165) is 16.7 Å². The van der Waals surface area contributed by atoms with Crippen LogP contribution < -0.4 is 5.73 Å². The molecule has 3 heteroatoms. The molecule has 2 N–H and O–H groups in total. The topological polar surface area (TPSA) is 38.9 Å². The fourth-order valence-corrected chi connectivity index (χ4v) is 2.11. The van der Waals surface area contributed by atoms with Crippen LogP contribution in [0.3, 0.4) is 0 Å². The van der Waals surface area contributed by atoms with Crippen LogP contribution in [-0.2, 0) is 0 Å². The summed E-state index contributed by atoms with van der Waals surface area (Å²) in [5.74, 6) is -0.124. The number of benzene rings is 1. The highest BCUT2D eigenvalue weighted by Crippen LogP contribution is 2.30. The number of rotatable bonds is 3. The van der Waals surface area contributed by atoms with Crippen molar-refractivity contribution in [1.29, 1.82) is 0 Å². The van der Waals surface area contributed by atoms with E-state index in [1.165, 1.54) is 12.1 Å². The van der Waals surface area contributed by atoms with E-state index in [1.54, 1.807) is 18.5 Å². The van der Waals surface area contributed by atoms with Crippen molar-refractivity contribution in [2.24, 2.45) is 5.73 Å². The Morgan fingerprint density at radius 2 is 1.83 bits per heavy atom. The molecule has 2 nitrogen and oxygen atoms in total. The van der Waals surface area contributed by atoms with Crippen molar-refractivity contribution >= 4 is 0 Å². The smallest absolute Gasteiger partial charge is 0.123 e. The lowest BCUT2D eigenvalue weighted by molar-refractivity contribution is 0.579. The molecule has 0 aliphatic rings. The van der Waals surface area contributed by atoms with Crippen LogP contribution in [0.5, 0.6) is 0 Å². The van der Waals surface area contributed by atoms with Gasteiger partial charge in [0.25, 0.3) is 0 Å². The molecule has 2 aromatic rings. The fraction of sp³-hybridized carbons (Fsp3) is 0.267. The van der Waals surface area contributed by atoms with Crippen molar-refractivity contribution in [3.63, 3.8) is 0 Å². The molecule has 0 radical (unpaired) electrons. The zero-order chi connectivity index (χ0) is 13.1. The number of nitrogens with zero attached hydrogens (tertiary/aromatic N) is 1. The first-order valence-corrected chi connectivity index (χ1v) is 6.01. The predicted octanol–water partition coefficient (Wildman–Crippen LogP) is 3.33. The van der Waals surface area contributed by atoms with Gasteiger partial charge in [-0.3, -0.25) is 4.98 Å². The standard InChI is InChI=1S/C15H17FN2/c1-10-3-4-13(16)9-14(10)15(17)11(2)12-5-7-18-8-6-12/h3-9,11,15H,17H2,1-2H3. The molecule has 0 amide bonds. The SMILES string of the molecule is Cc1ccc(F)cc1C(N)C(C)c1ccncc1. The summed E-state index contributed by atoms with van der Waals surface area (Å²) in [6.45, 7) is 4.00. The molecule has 2 atom stereocenters. The highest BCUT2D eigenvalue weighted by atomic mass is 19.1. The molecular weight excluding hydrogens is 227 g/mol. The zero-order valence-corrected chi connectivity index (χ0v) is 10.6. The normalized spacial score (nSPS) is 14.2. The highest BCUT2D eigenvalue weighted by molar-refractivity contribution is 5.32. The Hall–Kier alpha value is -1.74. The third kappa shape index (κ3) is 2.57. The number of pyridine rings is 1. The summed E-state index contributed by atoms with van der Waals surface area (Å²) in [5.41, 5.74) is 9.24. The molecule has 0 aliphatic heterocycles. The summed E-state index contributed by atoms with van der Waals surface area (Å²) in [7, 11) is 0. The molecule has 18 heavy (non-hydrogen) atoms. The van der Waals surface area contributed by atoms with Gasteiger partial charge in [-0.1, -0.05) is 13.0 Å². The van der Waals surface area contributed by atoms with Gasteiger partial charge in [0.2, 0.25) is 0 Å². The molecule has 0 saturated heterocycles. The van der Waals surface area contributed by atoms with E-state index in [2.05, 4.69) is 4.98 Å². The molecule has 2 rings (SSSR count). The van der Waals surface area contributed by atoms with E-state index >= 15 is 0 Å². The van der Waals surface area contributed by atoms with Gasteiger partial charge in [0, 0.05) is 24.4 Å². The molecule has 0 spiro atoms. The minimum absolute atomic E-state index is 0.119. The lowest BCUT2D eigenvalue weighted by Crippen LogP contribution is -2.19. The summed E-state index contributed by atoms with van der Waals surface area (Å²) in [5, 5.41) is 0. The first-order valence-electron chi connectivity index (χ1n) is 6.01. The van der Waals surface area contributed by atoms with Gasteiger partial charge in [-0.15, -0.1) is 0 Å². The van der Waals surface area contributed by atoms with E-state index in [-0.39, 0.29) is 17.8 Å². The van der Waals surface area contributed by atoms with Crippen molar-refractivity contribution in [2.45, 2.75) is 25.8 Å². The van der Waals surface area contributed by atoms with Crippen molar-refractivity contribution < 1.29 is 4.39 Å². The number of halogens is 1. The molecule has 1 aromatic carbocycles. The van der Waals surface area contributed by atoms with Crippen molar-refractivity contribution in [3.8, 4) is 0 Å². The first kappa shape index (κ1) is 12.7. The molecule has 2 unspecified atom stereocenters. The van der Waals surface area contributed by atoms with Gasteiger partial charge in [-0.05, 0) is 47.9 Å². The second kappa shape index (κ2) is 5.27. The number of aromatic nitrogens is 1. The second-order valence-corrected chi connectivity index (χ2v) is 4.60. The molecule has 0 fully saturated rings. The Morgan fingerprint density at radius 3 is 2.50 bits per heavy atom. The molecule has 1 aromatic heterocycles. The van der Waals surface area contributed by atoms with Crippen LogP contribution in [0.4, 0.5) is 4.39 Å². The summed E-state index contributed by atoms with van der Waals surface area (Å²) < 4.78 is 13.3. The lowest BCUT2D eigenvalue weighted by atomic mass is 9.88. The number of nitrogens with two attached hydrogens (primary N) is 1. The Bertz CT molecular complexity index is 525. The van der Waals surface area contributed by atoms with Crippen LogP contribution in [0, 0.1) is 12.7 Å². The first-order chi connectivity index (χ1) is 8.59.